The average Bonchev–Trinajstić information content (AvgIpc) is 2.96. The fourth-order valence-corrected chi connectivity index (χ4v) is 6.65. The lowest BCUT2D eigenvalue weighted by Gasteiger charge is -2.23. The number of hydrogen-bond acceptors (Lipinski definition) is 13. The van der Waals surface area contributed by atoms with Crippen LogP contribution in [0.2, 0.25) is 0 Å². The smallest absolute Gasteiger partial charge is 0.320 e. The molecule has 0 saturated heterocycles. The number of rotatable bonds is 24. The third-order valence-electron chi connectivity index (χ3n) is 6.14. The molecule has 0 fully saturated rings. The molecule has 0 aliphatic carbocycles. The predicted octanol–water partition coefficient (Wildman–Crippen LogP) is -1.06. The van der Waals surface area contributed by atoms with Crippen LogP contribution in [-0.2, 0) is 33.3 Å². The fraction of sp³-hybridized carbons (Fsp3) is 0.750. The quantitative estimate of drug-likeness (QED) is 0.0537. The zero-order valence-electron chi connectivity index (χ0n) is 26.1. The minimum Gasteiger partial charge on any atom is -0.480 e. The summed E-state index contributed by atoms with van der Waals surface area (Å²) in [5, 5.41) is 69.3. The van der Waals surface area contributed by atoms with Crippen molar-refractivity contribution in [1.29, 1.82) is 0 Å². The van der Waals surface area contributed by atoms with Crippen LogP contribution in [0.3, 0.4) is 0 Å². The first-order valence-electron chi connectivity index (χ1n) is 13.7. The molecule has 0 amide bonds. The first kappa shape index (κ1) is 44.4. The van der Waals surface area contributed by atoms with Gasteiger partial charge < -0.3 is 51.2 Å². The third-order valence-corrected chi connectivity index (χ3v) is 10.3. The summed E-state index contributed by atoms with van der Waals surface area (Å²) in [6.07, 6.45) is 0.627. The molecule has 6 atom stereocenters. The summed E-state index contributed by atoms with van der Waals surface area (Å²) >= 11 is 0. The number of aliphatic carboxylic acids is 6. The molecule has 0 saturated carbocycles. The summed E-state index contributed by atoms with van der Waals surface area (Å²) in [5.74, 6) is -6.28. The van der Waals surface area contributed by atoms with E-state index in [0.717, 1.165) is 0 Å². The first-order chi connectivity index (χ1) is 20.6. The van der Waals surface area contributed by atoms with E-state index < -0.39 is 87.1 Å². The Balaban J connectivity index is 0. The Bertz CT molecular complexity index is 914. The van der Waals surface area contributed by atoms with Crippen molar-refractivity contribution < 1.29 is 64.0 Å². The molecule has 0 aromatic rings. The van der Waals surface area contributed by atoms with Gasteiger partial charge in [0.25, 0.3) is 0 Å². The van der Waals surface area contributed by atoms with Crippen LogP contribution in [0, 0.1) is 0 Å². The van der Waals surface area contributed by atoms with Crippen LogP contribution >= 0.6 is 15.1 Å². The molecular formula is C24H48N6O13P2. The second-order valence-electron chi connectivity index (χ2n) is 10.3. The van der Waals surface area contributed by atoms with Crippen molar-refractivity contribution in [3.8, 4) is 0 Å². The molecule has 0 heterocycles. The molecule has 0 aromatic carbocycles. The molecule has 21 heteroatoms. The topological polar surface area (TPSA) is 313 Å². The molecule has 45 heavy (non-hydrogen) atoms. The van der Waals surface area contributed by atoms with Gasteiger partial charge in [0, 0.05) is 18.9 Å². The fourth-order valence-electron chi connectivity index (χ4n) is 2.57. The molecule has 0 aliphatic heterocycles. The minimum atomic E-state index is -3.12. The van der Waals surface area contributed by atoms with Gasteiger partial charge in [-0.2, -0.15) is 0 Å². The van der Waals surface area contributed by atoms with Crippen LogP contribution in [0.4, 0.5) is 0 Å². The number of carboxylic acids is 6. The van der Waals surface area contributed by atoms with Crippen LogP contribution in [-0.4, -0.2) is 140 Å². The third kappa shape index (κ3) is 21.6. The predicted molar refractivity (Wildman–Crippen MR) is 165 cm³/mol. The maximum absolute atomic E-state index is 12.8. The van der Waals surface area contributed by atoms with E-state index in [0.29, 0.717) is 18.9 Å². The van der Waals surface area contributed by atoms with Crippen molar-refractivity contribution >= 4 is 50.9 Å². The Morgan fingerprint density at radius 2 is 0.622 bits per heavy atom. The van der Waals surface area contributed by atoms with E-state index in [-0.39, 0.29) is 18.9 Å². The molecule has 0 radical (unpaired) electrons. The van der Waals surface area contributed by atoms with E-state index in [4.69, 9.17) is 30.6 Å². The van der Waals surface area contributed by atoms with Gasteiger partial charge in [-0.3, -0.25) is 44.7 Å². The summed E-state index contributed by atoms with van der Waals surface area (Å²) in [5.41, 5.74) is 0. The molecule has 0 aliphatic rings. The van der Waals surface area contributed by atoms with Gasteiger partial charge in [0.15, 0.2) is 0 Å². The lowest BCUT2D eigenvalue weighted by Crippen LogP contribution is -2.41. The minimum absolute atomic E-state index is 0.168. The van der Waals surface area contributed by atoms with Crippen LogP contribution in [0.1, 0.15) is 41.5 Å². The molecule has 6 unspecified atom stereocenters. The van der Waals surface area contributed by atoms with Crippen molar-refractivity contribution in [2.45, 2.75) is 77.8 Å². The van der Waals surface area contributed by atoms with Gasteiger partial charge in [-0.1, -0.05) is 7.92 Å². The van der Waals surface area contributed by atoms with Crippen LogP contribution < -0.4 is 31.9 Å². The maximum atomic E-state index is 12.8. The Kier molecular flexibility index (Phi) is 22.4. The lowest BCUT2D eigenvalue weighted by atomic mass is 10.4. The second kappa shape index (κ2) is 22.7. The number of hydrogen-bond donors (Lipinski definition) is 12. The highest BCUT2D eigenvalue weighted by Crippen LogP contribution is 2.42. The van der Waals surface area contributed by atoms with Crippen molar-refractivity contribution in [2.75, 3.05) is 37.7 Å². The summed E-state index contributed by atoms with van der Waals surface area (Å²) in [6.45, 7) is 8.68. The average molecular weight is 691 g/mol. The van der Waals surface area contributed by atoms with Gasteiger partial charge >= 0.3 is 35.8 Å². The van der Waals surface area contributed by atoms with Crippen molar-refractivity contribution in [3.63, 3.8) is 0 Å². The molecule has 0 aromatic heterocycles. The zero-order chi connectivity index (χ0) is 35.5. The van der Waals surface area contributed by atoms with Crippen LogP contribution in [0.25, 0.3) is 0 Å². The number of carbonyl (C=O) groups is 6. The monoisotopic (exact) mass is 690 g/mol. The highest BCUT2D eigenvalue weighted by Gasteiger charge is 2.27. The largest absolute Gasteiger partial charge is 0.480 e. The van der Waals surface area contributed by atoms with E-state index in [1.807, 2.05) is 0 Å². The van der Waals surface area contributed by atoms with E-state index in [9.17, 15) is 33.3 Å². The van der Waals surface area contributed by atoms with E-state index in [1.165, 1.54) is 41.5 Å². The Morgan fingerprint density at radius 1 is 0.444 bits per heavy atom. The molecule has 19 nitrogen and oxygen atoms in total. The van der Waals surface area contributed by atoms with Gasteiger partial charge in [0.2, 0.25) is 0 Å². The molecule has 0 spiro atoms. The number of nitrogens with one attached hydrogen (secondary N) is 6. The summed E-state index contributed by atoms with van der Waals surface area (Å²) in [6, 6.07) is -4.97. The Hall–Kier alpha value is -2.76. The zero-order valence-corrected chi connectivity index (χ0v) is 27.9. The summed E-state index contributed by atoms with van der Waals surface area (Å²) in [4.78, 5) is 64.7. The lowest BCUT2D eigenvalue weighted by molar-refractivity contribution is -0.139. The van der Waals surface area contributed by atoms with Crippen molar-refractivity contribution in [2.24, 2.45) is 0 Å². The highest BCUT2D eigenvalue weighted by atomic mass is 31.2. The summed E-state index contributed by atoms with van der Waals surface area (Å²) in [7, 11) is -3.98. The summed E-state index contributed by atoms with van der Waals surface area (Å²) < 4.78 is 12.8. The first-order valence-corrected chi connectivity index (χ1v) is 17.9. The maximum Gasteiger partial charge on any atom is 0.320 e. The second-order valence-corrected chi connectivity index (χ2v) is 15.6. The van der Waals surface area contributed by atoms with E-state index >= 15 is 0 Å². The molecule has 12 N–H and O–H groups in total. The van der Waals surface area contributed by atoms with Gasteiger partial charge in [-0.25, -0.2) is 0 Å². The Labute approximate surface area is 262 Å². The highest BCUT2D eigenvalue weighted by molar-refractivity contribution is 7.63. The van der Waals surface area contributed by atoms with Gasteiger partial charge in [-0.05, 0) is 41.5 Å². The van der Waals surface area contributed by atoms with Gasteiger partial charge in [0.05, 0.1) is 18.9 Å². The normalized spacial score (nSPS) is 17.1. The van der Waals surface area contributed by atoms with Crippen molar-refractivity contribution in [3.05, 3.63) is 0 Å². The molecular weight excluding hydrogens is 642 g/mol. The number of carboxylic acid groups (broad SMARTS) is 6. The Morgan fingerprint density at radius 3 is 0.800 bits per heavy atom. The molecule has 0 rings (SSSR count). The van der Waals surface area contributed by atoms with Crippen LogP contribution in [0.5, 0.6) is 0 Å². The van der Waals surface area contributed by atoms with Crippen molar-refractivity contribution in [1.82, 2.24) is 31.9 Å². The standard InChI is InChI=1S/C12H24N3O7P.C12H24N3O6P/c1-7(10(16)17)13-4-23(22,5-14-8(2)11(18)19)6-15-9(3)12(20)21;1-7(10(16)17)13-4-22(5-14-8(2)11(18)19)6-15-9(3)12(20)21/h7-9,13-15H,4-6H2,1-3H3,(H,16,17)(H,18,19)(H,20,21);7-9,13-15H,4-6H2,1-3H3,(H,16,17)(H,18,19)(H,20,21). The van der Waals surface area contributed by atoms with Crippen LogP contribution in [0.15, 0.2) is 0 Å². The molecule has 262 valence electrons. The van der Waals surface area contributed by atoms with E-state index in [1.54, 1.807) is 0 Å². The van der Waals surface area contributed by atoms with Gasteiger partial charge in [0.1, 0.15) is 43.4 Å². The van der Waals surface area contributed by atoms with E-state index in [2.05, 4.69) is 31.9 Å². The molecule has 0 bridgehead atoms. The van der Waals surface area contributed by atoms with Gasteiger partial charge in [-0.15, -0.1) is 0 Å². The SMILES string of the molecule is CC(NCP(=O)(CNC(C)C(=O)O)CNC(C)C(=O)O)C(=O)O.CC(NCP(CNC(C)C(=O)O)CNC(C)C(=O)O)C(=O)O.